The second kappa shape index (κ2) is 7.29. The number of nitrogens with one attached hydrogen (secondary N) is 1. The molecule has 0 heterocycles. The standard InChI is InChI=1S/C14H23NO/c1-4-7-13(3)15-10-11-16-14-9-6-5-8-12(14)2/h5-6,8-9,13,15H,4,7,10-11H2,1-3H3. The smallest absolute Gasteiger partial charge is 0.122 e. The molecule has 0 aliphatic heterocycles. The molecule has 2 heteroatoms. The summed E-state index contributed by atoms with van der Waals surface area (Å²) in [4.78, 5) is 0. The van der Waals surface area contributed by atoms with Gasteiger partial charge >= 0.3 is 0 Å². The van der Waals surface area contributed by atoms with Crippen molar-refractivity contribution >= 4 is 0 Å². The number of aryl methyl sites for hydroxylation is 1. The molecular weight excluding hydrogens is 198 g/mol. The van der Waals surface area contributed by atoms with E-state index in [4.69, 9.17) is 4.74 Å². The maximum Gasteiger partial charge on any atom is 0.122 e. The Kier molecular flexibility index (Phi) is 5.94. The van der Waals surface area contributed by atoms with Crippen molar-refractivity contribution in [2.75, 3.05) is 13.2 Å². The second-order valence-corrected chi connectivity index (χ2v) is 4.26. The highest BCUT2D eigenvalue weighted by Gasteiger charge is 2.00. The van der Waals surface area contributed by atoms with Gasteiger partial charge in [0.15, 0.2) is 0 Å². The summed E-state index contributed by atoms with van der Waals surface area (Å²) in [6.07, 6.45) is 2.46. The quantitative estimate of drug-likeness (QED) is 0.714. The first-order chi connectivity index (χ1) is 7.74. The van der Waals surface area contributed by atoms with Gasteiger partial charge in [0.2, 0.25) is 0 Å². The number of ether oxygens (including phenoxy) is 1. The SMILES string of the molecule is CCCC(C)NCCOc1ccccc1C. The third-order valence-corrected chi connectivity index (χ3v) is 2.67. The molecule has 2 nitrogen and oxygen atoms in total. The molecule has 0 aliphatic carbocycles. The van der Waals surface area contributed by atoms with Crippen molar-refractivity contribution < 1.29 is 4.74 Å². The van der Waals surface area contributed by atoms with E-state index in [1.54, 1.807) is 0 Å². The molecular formula is C14H23NO. The fourth-order valence-electron chi connectivity index (χ4n) is 1.72. The second-order valence-electron chi connectivity index (χ2n) is 4.26. The maximum absolute atomic E-state index is 5.70. The fourth-order valence-corrected chi connectivity index (χ4v) is 1.72. The Morgan fingerprint density at radius 1 is 1.31 bits per heavy atom. The summed E-state index contributed by atoms with van der Waals surface area (Å²) in [7, 11) is 0. The van der Waals surface area contributed by atoms with E-state index in [1.165, 1.54) is 18.4 Å². The molecule has 0 amide bonds. The highest BCUT2D eigenvalue weighted by Crippen LogP contribution is 2.15. The van der Waals surface area contributed by atoms with Gasteiger partial charge in [-0.05, 0) is 31.9 Å². The van der Waals surface area contributed by atoms with Crippen LogP contribution in [0.15, 0.2) is 24.3 Å². The van der Waals surface area contributed by atoms with Crippen LogP contribution in [0.3, 0.4) is 0 Å². The van der Waals surface area contributed by atoms with E-state index >= 15 is 0 Å². The maximum atomic E-state index is 5.70. The van der Waals surface area contributed by atoms with Crippen molar-refractivity contribution in [3.05, 3.63) is 29.8 Å². The summed E-state index contributed by atoms with van der Waals surface area (Å²) < 4.78 is 5.70. The van der Waals surface area contributed by atoms with Crippen LogP contribution in [-0.2, 0) is 0 Å². The Hall–Kier alpha value is -1.02. The minimum Gasteiger partial charge on any atom is -0.492 e. The molecule has 0 saturated heterocycles. The van der Waals surface area contributed by atoms with Gasteiger partial charge in [-0.15, -0.1) is 0 Å². The zero-order valence-corrected chi connectivity index (χ0v) is 10.6. The Labute approximate surface area is 99.0 Å². The number of rotatable bonds is 7. The molecule has 16 heavy (non-hydrogen) atoms. The van der Waals surface area contributed by atoms with Crippen molar-refractivity contribution in [2.45, 2.75) is 39.7 Å². The average Bonchev–Trinajstić information content (AvgIpc) is 2.27. The van der Waals surface area contributed by atoms with Gasteiger partial charge in [0, 0.05) is 12.6 Å². The fraction of sp³-hybridized carbons (Fsp3) is 0.571. The van der Waals surface area contributed by atoms with E-state index in [0.717, 1.165) is 18.9 Å². The number of para-hydroxylation sites is 1. The van der Waals surface area contributed by atoms with Crippen LogP contribution in [0.2, 0.25) is 0 Å². The molecule has 0 fully saturated rings. The lowest BCUT2D eigenvalue weighted by Crippen LogP contribution is -2.30. The lowest BCUT2D eigenvalue weighted by Gasteiger charge is -2.13. The first-order valence-corrected chi connectivity index (χ1v) is 6.16. The van der Waals surface area contributed by atoms with Gasteiger partial charge in [-0.1, -0.05) is 31.5 Å². The van der Waals surface area contributed by atoms with E-state index in [1.807, 2.05) is 18.2 Å². The van der Waals surface area contributed by atoms with Crippen LogP contribution in [0.4, 0.5) is 0 Å². The third-order valence-electron chi connectivity index (χ3n) is 2.67. The number of benzene rings is 1. The molecule has 1 unspecified atom stereocenters. The van der Waals surface area contributed by atoms with Crippen LogP contribution in [0, 0.1) is 6.92 Å². The van der Waals surface area contributed by atoms with Gasteiger partial charge < -0.3 is 10.1 Å². The van der Waals surface area contributed by atoms with E-state index in [9.17, 15) is 0 Å². The first-order valence-electron chi connectivity index (χ1n) is 6.16. The summed E-state index contributed by atoms with van der Waals surface area (Å²) >= 11 is 0. The molecule has 0 bridgehead atoms. The minimum atomic E-state index is 0.588. The zero-order valence-electron chi connectivity index (χ0n) is 10.6. The highest BCUT2D eigenvalue weighted by atomic mass is 16.5. The molecule has 0 aliphatic rings. The average molecular weight is 221 g/mol. The summed E-state index contributed by atoms with van der Waals surface area (Å²) in [5.74, 6) is 0.993. The normalized spacial score (nSPS) is 12.4. The van der Waals surface area contributed by atoms with Gasteiger partial charge in [-0.2, -0.15) is 0 Å². The molecule has 1 N–H and O–H groups in total. The molecule has 0 aromatic heterocycles. The number of hydrogen-bond acceptors (Lipinski definition) is 2. The van der Waals surface area contributed by atoms with Crippen LogP contribution in [0.5, 0.6) is 5.75 Å². The van der Waals surface area contributed by atoms with Gasteiger partial charge in [0.25, 0.3) is 0 Å². The molecule has 90 valence electrons. The van der Waals surface area contributed by atoms with Crippen molar-refractivity contribution in [3.63, 3.8) is 0 Å². The number of hydrogen-bond donors (Lipinski definition) is 1. The van der Waals surface area contributed by atoms with Crippen LogP contribution in [0.25, 0.3) is 0 Å². The first kappa shape index (κ1) is 13.0. The Morgan fingerprint density at radius 3 is 2.75 bits per heavy atom. The lowest BCUT2D eigenvalue weighted by atomic mass is 10.2. The van der Waals surface area contributed by atoms with E-state index in [-0.39, 0.29) is 0 Å². The monoisotopic (exact) mass is 221 g/mol. The Bertz CT molecular complexity index is 299. The van der Waals surface area contributed by atoms with Crippen molar-refractivity contribution in [1.29, 1.82) is 0 Å². The predicted octanol–water partition coefficient (Wildman–Crippen LogP) is 3.15. The van der Waals surface area contributed by atoms with Gasteiger partial charge in [-0.3, -0.25) is 0 Å². The van der Waals surface area contributed by atoms with E-state index < -0.39 is 0 Å². The largest absolute Gasteiger partial charge is 0.492 e. The summed E-state index contributed by atoms with van der Waals surface area (Å²) in [5, 5.41) is 3.45. The topological polar surface area (TPSA) is 21.3 Å². The minimum absolute atomic E-state index is 0.588. The molecule has 0 spiro atoms. The summed E-state index contributed by atoms with van der Waals surface area (Å²) in [6.45, 7) is 8.15. The van der Waals surface area contributed by atoms with Crippen molar-refractivity contribution in [3.8, 4) is 5.75 Å². The zero-order chi connectivity index (χ0) is 11.8. The molecule has 1 rings (SSSR count). The molecule has 0 saturated carbocycles. The molecule has 1 aromatic carbocycles. The van der Waals surface area contributed by atoms with Gasteiger partial charge in [0.1, 0.15) is 12.4 Å². The Morgan fingerprint density at radius 2 is 2.06 bits per heavy atom. The Balaban J connectivity index is 2.19. The van der Waals surface area contributed by atoms with Gasteiger partial charge in [0.05, 0.1) is 0 Å². The van der Waals surface area contributed by atoms with Crippen LogP contribution < -0.4 is 10.1 Å². The molecule has 0 radical (unpaired) electrons. The summed E-state index contributed by atoms with van der Waals surface area (Å²) in [5.41, 5.74) is 1.20. The summed E-state index contributed by atoms with van der Waals surface area (Å²) in [6, 6.07) is 8.72. The van der Waals surface area contributed by atoms with Gasteiger partial charge in [-0.25, -0.2) is 0 Å². The predicted molar refractivity (Wildman–Crippen MR) is 69.0 cm³/mol. The van der Waals surface area contributed by atoms with Crippen LogP contribution >= 0.6 is 0 Å². The van der Waals surface area contributed by atoms with E-state index in [2.05, 4.69) is 32.2 Å². The molecule has 1 atom stereocenters. The third kappa shape index (κ3) is 4.67. The van der Waals surface area contributed by atoms with E-state index in [0.29, 0.717) is 6.04 Å². The van der Waals surface area contributed by atoms with Crippen molar-refractivity contribution in [1.82, 2.24) is 5.32 Å². The highest BCUT2D eigenvalue weighted by molar-refractivity contribution is 5.31. The molecule has 1 aromatic rings. The lowest BCUT2D eigenvalue weighted by molar-refractivity contribution is 0.303. The van der Waals surface area contributed by atoms with Crippen molar-refractivity contribution in [2.24, 2.45) is 0 Å². The van der Waals surface area contributed by atoms with Crippen LogP contribution in [0.1, 0.15) is 32.3 Å². The van der Waals surface area contributed by atoms with Crippen LogP contribution in [-0.4, -0.2) is 19.2 Å².